The highest BCUT2D eigenvalue weighted by atomic mass is 16.3. The number of nitrogen functional groups attached to an aromatic ring is 1. The van der Waals surface area contributed by atoms with Crippen LogP contribution in [0.3, 0.4) is 0 Å². The summed E-state index contributed by atoms with van der Waals surface area (Å²) in [5.74, 6) is 2.17. The van der Waals surface area contributed by atoms with Crippen molar-refractivity contribution in [1.29, 1.82) is 0 Å². The first-order valence-electron chi connectivity index (χ1n) is 11.1. The molecule has 9 nitrogen and oxygen atoms in total. The van der Waals surface area contributed by atoms with E-state index in [1.807, 2.05) is 43.5 Å². The van der Waals surface area contributed by atoms with E-state index in [-0.39, 0.29) is 5.75 Å². The number of benzene rings is 1. The average molecular weight is 447 g/mol. The summed E-state index contributed by atoms with van der Waals surface area (Å²) in [6.45, 7) is 5.35. The first kappa shape index (κ1) is 22.5. The Bertz CT molecular complexity index is 1120. The third-order valence-electron chi connectivity index (χ3n) is 5.82. The van der Waals surface area contributed by atoms with Crippen molar-refractivity contribution in [3.05, 3.63) is 54.5 Å². The van der Waals surface area contributed by atoms with Crippen LogP contribution in [0, 0.1) is 0 Å². The number of para-hydroxylation sites is 1. The second-order valence-electron chi connectivity index (χ2n) is 8.07. The number of anilines is 3. The minimum absolute atomic E-state index is 0.168. The number of nitrogens with one attached hydrogen (secondary N) is 1. The monoisotopic (exact) mass is 446 g/mol. The molecule has 1 aromatic carbocycles. The summed E-state index contributed by atoms with van der Waals surface area (Å²) in [7, 11) is 1.91. The van der Waals surface area contributed by atoms with Crippen LogP contribution in [0.2, 0.25) is 0 Å². The Morgan fingerprint density at radius 2 is 2.03 bits per heavy atom. The predicted molar refractivity (Wildman–Crippen MR) is 132 cm³/mol. The van der Waals surface area contributed by atoms with E-state index in [1.165, 1.54) is 0 Å². The highest BCUT2D eigenvalue weighted by molar-refractivity contribution is 5.74. The van der Waals surface area contributed by atoms with Gasteiger partial charge in [0.15, 0.2) is 11.6 Å². The quantitative estimate of drug-likeness (QED) is 0.525. The Morgan fingerprint density at radius 3 is 2.85 bits per heavy atom. The zero-order valence-electron chi connectivity index (χ0n) is 19.0. The van der Waals surface area contributed by atoms with Crippen LogP contribution in [0.5, 0.6) is 5.75 Å². The lowest BCUT2D eigenvalue weighted by atomic mass is 10.1. The number of hydrogen-bond acceptors (Lipinski definition) is 9. The molecule has 0 aliphatic carbocycles. The molecule has 0 spiro atoms. The van der Waals surface area contributed by atoms with Gasteiger partial charge in [-0.2, -0.15) is 0 Å². The second-order valence-corrected chi connectivity index (χ2v) is 8.07. The lowest BCUT2D eigenvalue weighted by Gasteiger charge is -2.28. The van der Waals surface area contributed by atoms with Crippen molar-refractivity contribution >= 4 is 23.4 Å². The van der Waals surface area contributed by atoms with Crippen LogP contribution in [0.1, 0.15) is 19.2 Å². The molecule has 1 saturated heterocycles. The van der Waals surface area contributed by atoms with Gasteiger partial charge in [-0.05, 0) is 50.7 Å². The smallest absolute Gasteiger partial charge is 0.169 e. The zero-order chi connectivity index (χ0) is 23.2. The second kappa shape index (κ2) is 10.3. The Kier molecular flexibility index (Phi) is 6.99. The Morgan fingerprint density at radius 1 is 1.18 bits per heavy atom. The van der Waals surface area contributed by atoms with E-state index in [4.69, 9.17) is 10.7 Å². The van der Waals surface area contributed by atoms with E-state index < -0.39 is 0 Å². The maximum Gasteiger partial charge on any atom is 0.169 e. The van der Waals surface area contributed by atoms with E-state index in [9.17, 15) is 5.11 Å². The summed E-state index contributed by atoms with van der Waals surface area (Å²) in [6.07, 6.45) is 6.68. The maximum atomic E-state index is 10.2. The Hall–Kier alpha value is -3.72. The number of phenols is 1. The van der Waals surface area contributed by atoms with Crippen molar-refractivity contribution in [2.24, 2.45) is 0 Å². The molecule has 0 amide bonds. The number of rotatable bonds is 6. The lowest BCUT2D eigenvalue weighted by molar-refractivity contribution is 0.477. The van der Waals surface area contributed by atoms with E-state index >= 15 is 0 Å². The van der Waals surface area contributed by atoms with Gasteiger partial charge in [-0.25, -0.2) is 9.97 Å². The average Bonchev–Trinajstić information content (AvgIpc) is 3.02. The molecule has 1 aliphatic heterocycles. The number of aromatic hydroxyl groups is 1. The van der Waals surface area contributed by atoms with Gasteiger partial charge in [0, 0.05) is 44.0 Å². The van der Waals surface area contributed by atoms with Crippen LogP contribution >= 0.6 is 0 Å². The minimum Gasteiger partial charge on any atom is -0.507 e. The molecule has 1 atom stereocenters. The number of aromatic nitrogens is 4. The van der Waals surface area contributed by atoms with E-state index in [2.05, 4.69) is 37.2 Å². The van der Waals surface area contributed by atoms with Gasteiger partial charge in [0.05, 0.1) is 11.4 Å². The minimum atomic E-state index is 0.168. The fourth-order valence-electron chi connectivity index (χ4n) is 3.99. The van der Waals surface area contributed by atoms with Gasteiger partial charge in [-0.3, -0.25) is 0 Å². The standard InChI is InChI=1S/C24H30N8O/c1-17-10-13-31(14-15-32(17)23-9-12-27-22(28-23)8-5-11-26-2)20-16-19(29-30-24(20)25)18-6-3-4-7-21(18)33/h3-9,12,16-17,26,33H,10-11,13-15H2,1-2H3,(H2,25,30)/b8-5+/t17-/m1/s1. The van der Waals surface area contributed by atoms with Gasteiger partial charge in [0.2, 0.25) is 0 Å². The zero-order valence-corrected chi connectivity index (χ0v) is 19.0. The molecule has 33 heavy (non-hydrogen) atoms. The number of phenolic OH excluding ortho intramolecular Hbond substituents is 1. The van der Waals surface area contributed by atoms with Crippen LogP contribution in [-0.4, -0.2) is 64.5 Å². The molecule has 4 rings (SSSR count). The molecular weight excluding hydrogens is 416 g/mol. The lowest BCUT2D eigenvalue weighted by Crippen LogP contribution is -2.35. The summed E-state index contributed by atoms with van der Waals surface area (Å²) < 4.78 is 0. The SMILES string of the molecule is CNC/C=C/c1nccc(N2CCN(c3cc(-c4ccccc4O)nnc3N)CC[C@H]2C)n1. The molecule has 3 aromatic rings. The van der Waals surface area contributed by atoms with E-state index in [1.54, 1.807) is 18.3 Å². The molecule has 9 heteroatoms. The largest absolute Gasteiger partial charge is 0.507 e. The van der Waals surface area contributed by atoms with Crippen molar-refractivity contribution in [1.82, 2.24) is 25.5 Å². The molecule has 0 radical (unpaired) electrons. The summed E-state index contributed by atoms with van der Waals surface area (Å²) in [5.41, 5.74) is 8.28. The summed E-state index contributed by atoms with van der Waals surface area (Å²) >= 11 is 0. The van der Waals surface area contributed by atoms with Gasteiger partial charge in [0.25, 0.3) is 0 Å². The third-order valence-corrected chi connectivity index (χ3v) is 5.82. The fraction of sp³-hybridized carbons (Fsp3) is 0.333. The maximum absolute atomic E-state index is 10.2. The van der Waals surface area contributed by atoms with Crippen LogP contribution in [0.15, 0.2) is 48.7 Å². The summed E-state index contributed by atoms with van der Waals surface area (Å²) in [6, 6.07) is 11.3. The van der Waals surface area contributed by atoms with Crippen molar-refractivity contribution in [2.45, 2.75) is 19.4 Å². The summed E-state index contributed by atoms with van der Waals surface area (Å²) in [5, 5.41) is 21.7. The molecule has 0 saturated carbocycles. The van der Waals surface area contributed by atoms with Crippen molar-refractivity contribution in [3.63, 3.8) is 0 Å². The van der Waals surface area contributed by atoms with Gasteiger partial charge in [0.1, 0.15) is 11.6 Å². The highest BCUT2D eigenvalue weighted by Gasteiger charge is 2.24. The number of nitrogens with two attached hydrogens (primary N) is 1. The first-order chi connectivity index (χ1) is 16.1. The van der Waals surface area contributed by atoms with E-state index in [0.29, 0.717) is 28.9 Å². The Labute approximate surface area is 194 Å². The molecular formula is C24H30N8O. The molecule has 0 unspecified atom stereocenters. The highest BCUT2D eigenvalue weighted by Crippen LogP contribution is 2.32. The number of hydrogen-bond donors (Lipinski definition) is 3. The van der Waals surface area contributed by atoms with Gasteiger partial charge in [-0.1, -0.05) is 18.2 Å². The van der Waals surface area contributed by atoms with Crippen molar-refractivity contribution in [3.8, 4) is 17.0 Å². The molecule has 3 heterocycles. The first-order valence-corrected chi connectivity index (χ1v) is 11.1. The van der Waals surface area contributed by atoms with E-state index in [0.717, 1.165) is 44.1 Å². The van der Waals surface area contributed by atoms with Crippen LogP contribution in [0.25, 0.3) is 17.3 Å². The molecule has 1 fully saturated rings. The van der Waals surface area contributed by atoms with Gasteiger partial charge >= 0.3 is 0 Å². The molecule has 4 N–H and O–H groups in total. The van der Waals surface area contributed by atoms with Crippen molar-refractivity contribution in [2.75, 3.05) is 48.8 Å². The summed E-state index contributed by atoms with van der Waals surface area (Å²) in [4.78, 5) is 13.7. The van der Waals surface area contributed by atoms with Crippen molar-refractivity contribution < 1.29 is 5.11 Å². The van der Waals surface area contributed by atoms with Gasteiger partial charge in [-0.15, -0.1) is 10.2 Å². The number of likely N-dealkylation sites (N-methyl/N-ethyl adjacent to an activating group) is 1. The predicted octanol–water partition coefficient (Wildman–Crippen LogP) is 2.56. The van der Waals surface area contributed by atoms with Crippen LogP contribution < -0.4 is 20.9 Å². The molecule has 2 aromatic heterocycles. The van der Waals surface area contributed by atoms with Gasteiger partial charge < -0.3 is 26.0 Å². The normalized spacial score (nSPS) is 16.8. The number of nitrogens with zero attached hydrogens (tertiary/aromatic N) is 6. The topological polar surface area (TPSA) is 116 Å². The third kappa shape index (κ3) is 5.20. The van der Waals surface area contributed by atoms with Crippen LogP contribution in [0.4, 0.5) is 17.3 Å². The fourth-order valence-corrected chi connectivity index (χ4v) is 3.99. The molecule has 172 valence electrons. The molecule has 1 aliphatic rings. The molecule has 0 bridgehead atoms. The Balaban J connectivity index is 1.55. The van der Waals surface area contributed by atoms with Crippen LogP contribution in [-0.2, 0) is 0 Å².